The van der Waals surface area contributed by atoms with E-state index < -0.39 is 21.6 Å². The molecule has 0 unspecified atom stereocenters. The highest BCUT2D eigenvalue weighted by Gasteiger charge is 2.44. The van der Waals surface area contributed by atoms with Gasteiger partial charge in [0.1, 0.15) is 0 Å². The molecule has 1 heterocycles. The maximum atomic E-state index is 11.6. The summed E-state index contributed by atoms with van der Waals surface area (Å²) >= 11 is 0. The molecule has 0 atom stereocenters. The first-order chi connectivity index (χ1) is 8.86. The topological polar surface area (TPSA) is 101 Å². The van der Waals surface area contributed by atoms with Gasteiger partial charge in [-0.15, -0.1) is 0 Å². The van der Waals surface area contributed by atoms with Gasteiger partial charge in [-0.3, -0.25) is 4.79 Å². The first-order valence-corrected chi connectivity index (χ1v) is 7.43. The summed E-state index contributed by atoms with van der Waals surface area (Å²) in [5.41, 5.74) is -0.320. The zero-order valence-corrected chi connectivity index (χ0v) is 11.1. The number of aliphatic carboxylic acids is 1. The van der Waals surface area contributed by atoms with Crippen LogP contribution in [-0.4, -0.2) is 36.9 Å². The Morgan fingerprint density at radius 3 is 2.16 bits per heavy atom. The van der Waals surface area contributed by atoms with Crippen LogP contribution in [0.5, 0.6) is 0 Å². The Kier molecular flexibility index (Phi) is 3.62. The van der Waals surface area contributed by atoms with E-state index in [1.54, 1.807) is 24.3 Å². The highest BCUT2D eigenvalue weighted by Crippen LogP contribution is 2.36. The van der Waals surface area contributed by atoms with Crippen molar-refractivity contribution in [2.24, 2.45) is 5.14 Å². The number of nitrogens with zero attached hydrogens (tertiary/aromatic N) is 1. The fraction of sp³-hybridized carbons (Fsp3) is 0.417. The molecule has 104 valence electrons. The predicted octanol–water partition coefficient (Wildman–Crippen LogP) is 0.308. The molecule has 0 saturated carbocycles. The Balaban J connectivity index is 2.29. The largest absolute Gasteiger partial charge is 0.481 e. The number of carboxylic acids is 1. The van der Waals surface area contributed by atoms with Crippen LogP contribution in [0.4, 0.5) is 0 Å². The van der Waals surface area contributed by atoms with Gasteiger partial charge in [-0.05, 0) is 18.4 Å². The molecule has 0 bridgehead atoms. The fourth-order valence-corrected chi connectivity index (χ4v) is 3.20. The van der Waals surface area contributed by atoms with Gasteiger partial charge in [0.05, 0.1) is 5.41 Å². The van der Waals surface area contributed by atoms with Crippen LogP contribution < -0.4 is 5.14 Å². The van der Waals surface area contributed by atoms with Crippen molar-refractivity contribution in [3.63, 3.8) is 0 Å². The number of carbonyl (C=O) groups is 1. The maximum absolute atomic E-state index is 11.6. The van der Waals surface area contributed by atoms with Crippen molar-refractivity contribution in [2.75, 3.05) is 13.1 Å². The van der Waals surface area contributed by atoms with Crippen LogP contribution in [0.1, 0.15) is 18.4 Å². The molecule has 0 amide bonds. The number of benzene rings is 1. The summed E-state index contributed by atoms with van der Waals surface area (Å²) in [6, 6.07) is 8.91. The fourth-order valence-electron chi connectivity index (χ4n) is 2.51. The van der Waals surface area contributed by atoms with Crippen LogP contribution >= 0.6 is 0 Å². The van der Waals surface area contributed by atoms with Gasteiger partial charge in [-0.25, -0.2) is 5.14 Å². The quantitative estimate of drug-likeness (QED) is 0.834. The predicted molar refractivity (Wildman–Crippen MR) is 69.7 cm³/mol. The minimum absolute atomic E-state index is 0.125. The van der Waals surface area contributed by atoms with E-state index in [0.717, 1.165) is 4.31 Å². The van der Waals surface area contributed by atoms with Gasteiger partial charge in [-0.1, -0.05) is 30.3 Å². The lowest BCUT2D eigenvalue weighted by Gasteiger charge is -2.37. The molecule has 2 rings (SSSR count). The van der Waals surface area contributed by atoms with Crippen molar-refractivity contribution in [1.82, 2.24) is 4.31 Å². The summed E-state index contributed by atoms with van der Waals surface area (Å²) < 4.78 is 23.6. The lowest BCUT2D eigenvalue weighted by molar-refractivity contribution is -0.145. The second-order valence-electron chi connectivity index (χ2n) is 4.70. The zero-order valence-electron chi connectivity index (χ0n) is 10.3. The van der Waals surface area contributed by atoms with Gasteiger partial charge < -0.3 is 5.11 Å². The molecule has 0 aliphatic carbocycles. The average molecular weight is 284 g/mol. The van der Waals surface area contributed by atoms with Crippen LogP contribution in [0, 0.1) is 0 Å². The summed E-state index contributed by atoms with van der Waals surface area (Å²) in [7, 11) is -3.74. The second kappa shape index (κ2) is 4.92. The van der Waals surface area contributed by atoms with Crippen molar-refractivity contribution < 1.29 is 18.3 Å². The molecule has 3 N–H and O–H groups in total. The van der Waals surface area contributed by atoms with Crippen LogP contribution in [0.25, 0.3) is 0 Å². The van der Waals surface area contributed by atoms with Crippen molar-refractivity contribution >= 4 is 16.2 Å². The first-order valence-electron chi connectivity index (χ1n) is 5.93. The Bertz CT molecular complexity index is 563. The van der Waals surface area contributed by atoms with Gasteiger partial charge in [-0.2, -0.15) is 12.7 Å². The molecule has 0 aromatic heterocycles. The number of nitrogens with two attached hydrogens (primary N) is 1. The zero-order chi connectivity index (χ0) is 14.1. The van der Waals surface area contributed by atoms with Crippen molar-refractivity contribution in [1.29, 1.82) is 0 Å². The molecule has 19 heavy (non-hydrogen) atoms. The molecule has 6 nitrogen and oxygen atoms in total. The molecular weight excluding hydrogens is 268 g/mol. The Morgan fingerprint density at radius 2 is 1.74 bits per heavy atom. The molecule has 1 aliphatic heterocycles. The molecule has 7 heteroatoms. The van der Waals surface area contributed by atoms with Gasteiger partial charge in [0.15, 0.2) is 0 Å². The molecule has 1 fully saturated rings. The van der Waals surface area contributed by atoms with E-state index in [0.29, 0.717) is 5.56 Å². The summed E-state index contributed by atoms with van der Waals surface area (Å²) in [6.45, 7) is 0.250. The number of hydrogen-bond donors (Lipinski definition) is 2. The normalized spacial score (nSPS) is 20.1. The van der Waals surface area contributed by atoms with Gasteiger partial charge >= 0.3 is 5.97 Å². The third-order valence-corrected chi connectivity index (χ3v) is 4.76. The van der Waals surface area contributed by atoms with Crippen molar-refractivity contribution in [3.8, 4) is 0 Å². The minimum Gasteiger partial charge on any atom is -0.481 e. The summed E-state index contributed by atoms with van der Waals surface area (Å²) in [4.78, 5) is 11.6. The van der Waals surface area contributed by atoms with Crippen LogP contribution in [0.2, 0.25) is 0 Å². The van der Waals surface area contributed by atoms with E-state index in [1.807, 2.05) is 6.07 Å². The average Bonchev–Trinajstić information content (AvgIpc) is 2.38. The Labute approximate surface area is 112 Å². The Morgan fingerprint density at radius 1 is 1.21 bits per heavy atom. The number of piperidine rings is 1. The smallest absolute Gasteiger partial charge is 0.314 e. The van der Waals surface area contributed by atoms with E-state index in [9.17, 15) is 18.3 Å². The van der Waals surface area contributed by atoms with E-state index in [1.165, 1.54) is 0 Å². The number of hydrogen-bond acceptors (Lipinski definition) is 3. The van der Waals surface area contributed by atoms with E-state index >= 15 is 0 Å². The summed E-state index contributed by atoms with van der Waals surface area (Å²) in [5.74, 6) is -0.923. The lowest BCUT2D eigenvalue weighted by atomic mass is 9.73. The summed E-state index contributed by atoms with van der Waals surface area (Å²) in [5, 5.41) is 14.6. The molecule has 1 aromatic carbocycles. The van der Waals surface area contributed by atoms with E-state index in [-0.39, 0.29) is 25.9 Å². The lowest BCUT2D eigenvalue weighted by Crippen LogP contribution is -2.50. The third-order valence-electron chi connectivity index (χ3n) is 3.67. The van der Waals surface area contributed by atoms with Crippen molar-refractivity contribution in [3.05, 3.63) is 35.9 Å². The minimum atomic E-state index is -3.74. The standard InChI is InChI=1S/C12H16N2O4S/c13-19(17,18)14-8-6-12(7-9-14,11(15)16)10-4-2-1-3-5-10/h1-5H,6-9H2,(H,15,16)(H2,13,17,18). The molecule has 1 aromatic rings. The van der Waals surface area contributed by atoms with Gasteiger partial charge in [0.2, 0.25) is 0 Å². The highest BCUT2D eigenvalue weighted by atomic mass is 32.2. The second-order valence-corrected chi connectivity index (χ2v) is 6.24. The van der Waals surface area contributed by atoms with Gasteiger partial charge in [0, 0.05) is 13.1 Å². The monoisotopic (exact) mass is 284 g/mol. The molecule has 1 saturated heterocycles. The third kappa shape index (κ3) is 2.63. The van der Waals surface area contributed by atoms with E-state index in [4.69, 9.17) is 5.14 Å². The van der Waals surface area contributed by atoms with Gasteiger partial charge in [0.25, 0.3) is 10.2 Å². The Hall–Kier alpha value is -1.44. The molecule has 1 aliphatic rings. The molecular formula is C12H16N2O4S. The molecule has 0 spiro atoms. The van der Waals surface area contributed by atoms with E-state index in [2.05, 4.69) is 0 Å². The number of rotatable bonds is 3. The van der Waals surface area contributed by atoms with Crippen LogP contribution in [0.15, 0.2) is 30.3 Å². The SMILES string of the molecule is NS(=O)(=O)N1CCC(C(=O)O)(c2ccccc2)CC1. The van der Waals surface area contributed by atoms with Crippen molar-refractivity contribution in [2.45, 2.75) is 18.3 Å². The summed E-state index contributed by atoms with van der Waals surface area (Å²) in [6.07, 6.45) is 0.450. The van der Waals surface area contributed by atoms with Crippen LogP contribution in [0.3, 0.4) is 0 Å². The highest BCUT2D eigenvalue weighted by molar-refractivity contribution is 7.86. The maximum Gasteiger partial charge on any atom is 0.314 e. The molecule has 0 radical (unpaired) electrons. The number of carboxylic acid groups (broad SMARTS) is 1. The van der Waals surface area contributed by atoms with Crippen LogP contribution in [-0.2, 0) is 20.4 Å². The first kappa shape index (κ1) is 14.0.